The van der Waals surface area contributed by atoms with Gasteiger partial charge in [-0.2, -0.15) is 4.98 Å². The monoisotopic (exact) mass is 497 g/mol. The minimum Gasteiger partial charge on any atom is -0.497 e. The molecule has 2 aliphatic rings. The van der Waals surface area contributed by atoms with Gasteiger partial charge in [0.15, 0.2) is 11.8 Å². The number of halogens is 2. The molecular formula is C25H21ClFN3O5. The molecule has 2 N–H and O–H groups in total. The molecule has 2 aromatic carbocycles. The number of ether oxygens (including phenoxy) is 4. The number of pyridine rings is 1. The molecule has 4 aromatic rings. The van der Waals surface area contributed by atoms with Gasteiger partial charge in [0, 0.05) is 11.6 Å². The van der Waals surface area contributed by atoms with E-state index in [4.69, 9.17) is 30.5 Å². The maximum atomic E-state index is 13.9. The molecule has 2 unspecified atom stereocenters. The van der Waals surface area contributed by atoms with Crippen molar-refractivity contribution in [1.29, 1.82) is 0 Å². The fourth-order valence-corrected chi connectivity index (χ4v) is 4.77. The maximum Gasteiger partial charge on any atom is 0.296 e. The molecule has 2 aromatic heterocycles. The number of methoxy groups -OCH3 is 1. The Kier molecular flexibility index (Phi) is 5.57. The van der Waals surface area contributed by atoms with E-state index in [1.165, 1.54) is 19.2 Å². The van der Waals surface area contributed by atoms with Gasteiger partial charge in [0.05, 0.1) is 36.6 Å². The molecule has 2 aliphatic heterocycles. The smallest absolute Gasteiger partial charge is 0.296 e. The standard InChI is InChI=1S/C25H21ClFN3O5/c1-32-16-7-14(6-15(27)8-16)12-2-4-13(5-3-12)21-17(26)9-18-24(29-21)30-25(28-18)35-20-11-34-22-19(31)10-33-23(20)22/h2-9,19-20,22-23,31H,10-11H2,1H3,(H,28,29,30)/t19?,20?,22-,23-/m1/s1. The number of aliphatic hydroxyl groups excluding tert-OH is 1. The van der Waals surface area contributed by atoms with Crippen LogP contribution in [0.1, 0.15) is 0 Å². The van der Waals surface area contributed by atoms with Gasteiger partial charge in [-0.15, -0.1) is 0 Å². The van der Waals surface area contributed by atoms with E-state index in [0.29, 0.717) is 39.8 Å². The van der Waals surface area contributed by atoms with Crippen molar-refractivity contribution in [1.82, 2.24) is 15.0 Å². The third-order valence-electron chi connectivity index (χ3n) is 6.25. The Morgan fingerprint density at radius 1 is 1.00 bits per heavy atom. The van der Waals surface area contributed by atoms with E-state index in [9.17, 15) is 9.50 Å². The maximum absolute atomic E-state index is 13.9. The van der Waals surface area contributed by atoms with Crippen LogP contribution in [-0.2, 0) is 9.47 Å². The summed E-state index contributed by atoms with van der Waals surface area (Å²) >= 11 is 6.54. The van der Waals surface area contributed by atoms with Crippen molar-refractivity contribution < 1.29 is 28.4 Å². The predicted molar refractivity (Wildman–Crippen MR) is 126 cm³/mol. The minimum atomic E-state index is -0.651. The lowest BCUT2D eigenvalue weighted by Gasteiger charge is -2.15. The molecular weight excluding hydrogens is 477 g/mol. The molecule has 0 aliphatic carbocycles. The fourth-order valence-electron chi connectivity index (χ4n) is 4.51. The Hall–Kier alpha value is -3.24. The molecule has 10 heteroatoms. The Morgan fingerprint density at radius 3 is 2.57 bits per heavy atom. The number of fused-ring (bicyclic) bond motifs is 2. The Morgan fingerprint density at radius 2 is 1.77 bits per heavy atom. The van der Waals surface area contributed by atoms with Crippen molar-refractivity contribution in [2.24, 2.45) is 0 Å². The molecule has 180 valence electrons. The van der Waals surface area contributed by atoms with Gasteiger partial charge in [-0.25, -0.2) is 9.37 Å². The van der Waals surface area contributed by atoms with Crippen molar-refractivity contribution in [2.75, 3.05) is 20.3 Å². The van der Waals surface area contributed by atoms with Crippen molar-refractivity contribution >= 4 is 22.8 Å². The lowest BCUT2D eigenvalue weighted by atomic mass is 10.0. The number of aliphatic hydroxyl groups is 1. The summed E-state index contributed by atoms with van der Waals surface area (Å²) < 4.78 is 36.2. The molecule has 0 radical (unpaired) electrons. The number of aromatic amines is 1. The van der Waals surface area contributed by atoms with Gasteiger partial charge in [-0.05, 0) is 29.3 Å². The first-order valence-electron chi connectivity index (χ1n) is 11.1. The van der Waals surface area contributed by atoms with Crippen LogP contribution in [0.3, 0.4) is 0 Å². The zero-order valence-corrected chi connectivity index (χ0v) is 19.3. The highest BCUT2D eigenvalue weighted by Gasteiger charge is 2.48. The second kappa shape index (κ2) is 8.76. The van der Waals surface area contributed by atoms with Gasteiger partial charge in [0.2, 0.25) is 0 Å². The number of benzene rings is 2. The van der Waals surface area contributed by atoms with Crippen LogP contribution >= 0.6 is 11.6 Å². The number of hydrogen-bond acceptors (Lipinski definition) is 7. The molecule has 0 amide bonds. The van der Waals surface area contributed by atoms with Gasteiger partial charge in [0.1, 0.15) is 29.9 Å². The SMILES string of the molecule is COc1cc(F)cc(-c2ccc(-c3nc4nc(OC5CO[C@@H]6C(O)CO[C@H]56)[nH]c4cc3Cl)cc2)c1. The van der Waals surface area contributed by atoms with Gasteiger partial charge in [-0.1, -0.05) is 35.9 Å². The van der Waals surface area contributed by atoms with Crippen LogP contribution in [-0.4, -0.2) is 64.8 Å². The number of imidazole rings is 1. The summed E-state index contributed by atoms with van der Waals surface area (Å²) in [6.07, 6.45) is -1.77. The van der Waals surface area contributed by atoms with Crippen LogP contribution < -0.4 is 9.47 Å². The van der Waals surface area contributed by atoms with Crippen molar-refractivity contribution in [3.8, 4) is 34.1 Å². The average Bonchev–Trinajstić information content (AvgIpc) is 3.55. The second-order valence-electron chi connectivity index (χ2n) is 8.51. The quantitative estimate of drug-likeness (QED) is 0.430. The van der Waals surface area contributed by atoms with Crippen molar-refractivity contribution in [2.45, 2.75) is 24.4 Å². The highest BCUT2D eigenvalue weighted by Crippen LogP contribution is 2.33. The summed E-state index contributed by atoms with van der Waals surface area (Å²) in [5, 5.41) is 10.4. The van der Waals surface area contributed by atoms with E-state index in [-0.39, 0.29) is 36.7 Å². The Balaban J connectivity index is 1.25. The average molecular weight is 498 g/mol. The summed E-state index contributed by atoms with van der Waals surface area (Å²) in [6.45, 7) is 0.522. The van der Waals surface area contributed by atoms with Crippen LogP contribution in [0.2, 0.25) is 5.02 Å². The topological polar surface area (TPSA) is 98.7 Å². The molecule has 0 saturated carbocycles. The number of rotatable bonds is 5. The first-order chi connectivity index (χ1) is 17.0. The molecule has 0 spiro atoms. The third kappa shape index (κ3) is 4.10. The number of nitrogens with one attached hydrogen (secondary N) is 1. The van der Waals surface area contributed by atoms with Gasteiger partial charge in [0.25, 0.3) is 6.01 Å². The Labute approximate surface area is 204 Å². The summed E-state index contributed by atoms with van der Waals surface area (Å²) in [5.74, 6) is 0.0802. The lowest BCUT2D eigenvalue weighted by Crippen LogP contribution is -2.34. The molecule has 2 fully saturated rings. The highest BCUT2D eigenvalue weighted by atomic mass is 35.5. The van der Waals surface area contributed by atoms with Crippen molar-refractivity contribution in [3.05, 3.63) is 59.4 Å². The second-order valence-corrected chi connectivity index (χ2v) is 8.92. The first-order valence-corrected chi connectivity index (χ1v) is 11.5. The van der Waals surface area contributed by atoms with Crippen LogP contribution in [0.5, 0.6) is 11.8 Å². The number of nitrogens with zero attached hydrogens (tertiary/aromatic N) is 2. The van der Waals surface area contributed by atoms with Crippen LogP contribution in [0.25, 0.3) is 33.5 Å². The van der Waals surface area contributed by atoms with E-state index in [1.807, 2.05) is 24.3 Å². The molecule has 6 rings (SSSR count). The zero-order chi connectivity index (χ0) is 24.1. The molecule has 4 atom stereocenters. The molecule has 4 heterocycles. The predicted octanol–water partition coefficient (Wildman–Crippen LogP) is 4.00. The van der Waals surface area contributed by atoms with Crippen molar-refractivity contribution in [3.63, 3.8) is 0 Å². The molecule has 35 heavy (non-hydrogen) atoms. The number of hydrogen-bond donors (Lipinski definition) is 2. The molecule has 8 nitrogen and oxygen atoms in total. The minimum absolute atomic E-state index is 0.224. The van der Waals surface area contributed by atoms with Crippen LogP contribution in [0, 0.1) is 5.82 Å². The summed E-state index contributed by atoms with van der Waals surface area (Å²) in [7, 11) is 1.50. The molecule has 0 bridgehead atoms. The van der Waals surface area contributed by atoms with E-state index < -0.39 is 6.10 Å². The van der Waals surface area contributed by atoms with Crippen LogP contribution in [0.15, 0.2) is 48.5 Å². The van der Waals surface area contributed by atoms with Crippen LogP contribution in [0.4, 0.5) is 4.39 Å². The fraction of sp³-hybridized carbons (Fsp3) is 0.280. The Bertz CT molecular complexity index is 1400. The van der Waals surface area contributed by atoms with E-state index in [0.717, 1.165) is 11.1 Å². The van der Waals surface area contributed by atoms with Gasteiger partial charge in [-0.3, -0.25) is 0 Å². The van der Waals surface area contributed by atoms with Gasteiger partial charge >= 0.3 is 0 Å². The third-order valence-corrected chi connectivity index (χ3v) is 6.54. The lowest BCUT2D eigenvalue weighted by molar-refractivity contribution is 0.00706. The van der Waals surface area contributed by atoms with E-state index in [2.05, 4.69) is 15.0 Å². The number of H-pyrrole nitrogens is 1. The van der Waals surface area contributed by atoms with E-state index >= 15 is 0 Å². The molecule has 2 saturated heterocycles. The first kappa shape index (κ1) is 22.2. The summed E-state index contributed by atoms with van der Waals surface area (Å²) in [4.78, 5) is 12.2. The summed E-state index contributed by atoms with van der Waals surface area (Å²) in [6, 6.07) is 14.1. The number of aromatic nitrogens is 3. The van der Waals surface area contributed by atoms with E-state index in [1.54, 1.807) is 12.1 Å². The highest BCUT2D eigenvalue weighted by molar-refractivity contribution is 6.33. The largest absolute Gasteiger partial charge is 0.497 e. The summed E-state index contributed by atoms with van der Waals surface area (Å²) in [5.41, 5.74) is 3.95. The normalized spacial score (nSPS) is 23.5. The van der Waals surface area contributed by atoms with Gasteiger partial charge < -0.3 is 29.0 Å². The zero-order valence-electron chi connectivity index (χ0n) is 18.6.